The molecule has 1 aliphatic rings. The minimum absolute atomic E-state index is 0.0112. The van der Waals surface area contributed by atoms with Crippen molar-refractivity contribution in [2.45, 2.75) is 90.6 Å². The van der Waals surface area contributed by atoms with Crippen molar-refractivity contribution in [2.24, 2.45) is 0 Å². The van der Waals surface area contributed by atoms with Crippen LogP contribution >= 0.6 is 0 Å². The smallest absolute Gasteiger partial charge is 0.407 e. The van der Waals surface area contributed by atoms with Crippen molar-refractivity contribution in [3.63, 3.8) is 0 Å². The van der Waals surface area contributed by atoms with E-state index in [0.717, 1.165) is 11.1 Å². The third-order valence-electron chi connectivity index (χ3n) is 7.63. The standard InChI is InChI=1S/C32H47N3O7Si/c1-31(2,3)41-30(39)34-18-22-9-13-24(14-10-22)29(38)33-17-23-11-15-25(16-12-23)40-21-28(37)35-19-26(36)27(20-35)42-43(7,8)32(4,5)6/h9-16,26-27,36H,17-21H2,1-8H3,(H,33,38)(H,34,39)/t26-,27-/m1/s1. The number of aliphatic hydroxyl groups is 1. The van der Waals surface area contributed by atoms with Gasteiger partial charge in [-0.1, -0.05) is 45.0 Å². The van der Waals surface area contributed by atoms with Crippen molar-refractivity contribution in [3.8, 4) is 5.75 Å². The quantitative estimate of drug-likeness (QED) is 0.334. The number of benzene rings is 2. The maximum Gasteiger partial charge on any atom is 0.407 e. The van der Waals surface area contributed by atoms with Crippen molar-refractivity contribution in [2.75, 3.05) is 19.7 Å². The van der Waals surface area contributed by atoms with E-state index in [0.29, 0.717) is 30.9 Å². The van der Waals surface area contributed by atoms with Crippen molar-refractivity contribution >= 4 is 26.2 Å². The van der Waals surface area contributed by atoms with E-state index in [1.807, 2.05) is 12.1 Å². The number of aliphatic hydroxyl groups excluding tert-OH is 1. The fourth-order valence-corrected chi connectivity index (χ4v) is 5.46. The highest BCUT2D eigenvalue weighted by Crippen LogP contribution is 2.38. The zero-order valence-electron chi connectivity index (χ0n) is 26.7. The van der Waals surface area contributed by atoms with Gasteiger partial charge in [0.1, 0.15) is 11.4 Å². The molecule has 0 bridgehead atoms. The Morgan fingerprint density at radius 2 is 1.44 bits per heavy atom. The van der Waals surface area contributed by atoms with Gasteiger partial charge in [0.25, 0.3) is 11.8 Å². The van der Waals surface area contributed by atoms with Crippen molar-refractivity contribution in [1.29, 1.82) is 0 Å². The molecule has 2 atom stereocenters. The number of hydrogen-bond donors (Lipinski definition) is 3. The van der Waals surface area contributed by atoms with Crippen LogP contribution in [0.3, 0.4) is 0 Å². The molecule has 1 aliphatic heterocycles. The summed E-state index contributed by atoms with van der Waals surface area (Å²) in [5.74, 6) is 0.109. The SMILES string of the molecule is CC(C)(C)OC(=O)NCc1ccc(C(=O)NCc2ccc(OCC(=O)N3C[C@@H](O)[C@H](O[Si](C)(C)C(C)(C)C)C3)cc2)cc1. The van der Waals surface area contributed by atoms with Gasteiger partial charge < -0.3 is 34.5 Å². The summed E-state index contributed by atoms with van der Waals surface area (Å²) >= 11 is 0. The molecule has 11 heteroatoms. The Balaban J connectivity index is 1.41. The molecule has 0 spiro atoms. The third kappa shape index (κ3) is 10.4. The molecule has 3 rings (SSSR count). The van der Waals surface area contributed by atoms with Gasteiger partial charge in [-0.05, 0) is 74.3 Å². The van der Waals surface area contributed by atoms with Crippen LogP contribution in [0.2, 0.25) is 18.1 Å². The van der Waals surface area contributed by atoms with Gasteiger partial charge in [-0.2, -0.15) is 0 Å². The molecule has 1 heterocycles. The van der Waals surface area contributed by atoms with Gasteiger partial charge in [0, 0.05) is 31.7 Å². The maximum absolute atomic E-state index is 12.8. The summed E-state index contributed by atoms with van der Waals surface area (Å²) in [6.45, 7) is 17.2. The number of carbonyl (C=O) groups is 3. The first kappa shape index (κ1) is 34.1. The molecule has 236 valence electrons. The van der Waals surface area contributed by atoms with Gasteiger partial charge in [0.15, 0.2) is 14.9 Å². The number of amides is 3. The lowest BCUT2D eigenvalue weighted by Gasteiger charge is -2.38. The van der Waals surface area contributed by atoms with Crippen LogP contribution in [-0.2, 0) is 27.0 Å². The Morgan fingerprint density at radius 1 is 0.884 bits per heavy atom. The number of nitrogens with one attached hydrogen (secondary N) is 2. The third-order valence-corrected chi connectivity index (χ3v) is 12.1. The molecule has 2 aromatic carbocycles. The van der Waals surface area contributed by atoms with E-state index in [1.54, 1.807) is 62.1 Å². The van der Waals surface area contributed by atoms with Crippen molar-refractivity contribution in [3.05, 3.63) is 65.2 Å². The number of likely N-dealkylation sites (tertiary alicyclic amines) is 1. The van der Waals surface area contributed by atoms with Crippen molar-refractivity contribution < 1.29 is 33.4 Å². The van der Waals surface area contributed by atoms with E-state index in [9.17, 15) is 19.5 Å². The summed E-state index contributed by atoms with van der Waals surface area (Å²) < 4.78 is 17.3. The highest BCUT2D eigenvalue weighted by atomic mass is 28.4. The summed E-state index contributed by atoms with van der Waals surface area (Å²) in [4.78, 5) is 38.8. The monoisotopic (exact) mass is 613 g/mol. The topological polar surface area (TPSA) is 126 Å². The van der Waals surface area contributed by atoms with Crippen LogP contribution in [0.25, 0.3) is 0 Å². The second-order valence-corrected chi connectivity index (χ2v) is 18.2. The molecule has 1 saturated heterocycles. The largest absolute Gasteiger partial charge is 0.484 e. The molecule has 0 saturated carbocycles. The fraction of sp³-hybridized carbons (Fsp3) is 0.531. The Bertz CT molecular complexity index is 1250. The van der Waals surface area contributed by atoms with E-state index < -0.39 is 32.2 Å². The van der Waals surface area contributed by atoms with Crippen LogP contribution in [0.4, 0.5) is 4.79 Å². The second kappa shape index (κ2) is 13.9. The summed E-state index contributed by atoms with van der Waals surface area (Å²) in [5.41, 5.74) is 1.65. The van der Waals surface area contributed by atoms with E-state index in [2.05, 4.69) is 44.5 Å². The highest BCUT2D eigenvalue weighted by Gasteiger charge is 2.44. The van der Waals surface area contributed by atoms with E-state index in [4.69, 9.17) is 13.9 Å². The molecule has 3 amide bonds. The first-order valence-corrected chi connectivity index (χ1v) is 17.5. The Morgan fingerprint density at radius 3 is 2.00 bits per heavy atom. The Kier molecular flexibility index (Phi) is 11.0. The van der Waals surface area contributed by atoms with Crippen molar-refractivity contribution in [1.82, 2.24) is 15.5 Å². The number of nitrogens with zero attached hydrogens (tertiary/aromatic N) is 1. The van der Waals surface area contributed by atoms with Gasteiger partial charge >= 0.3 is 6.09 Å². The predicted octanol–water partition coefficient (Wildman–Crippen LogP) is 4.61. The Labute approximate surface area is 256 Å². The molecular formula is C32H47N3O7Si. The zero-order valence-corrected chi connectivity index (χ0v) is 27.7. The van der Waals surface area contributed by atoms with Gasteiger partial charge in [0.05, 0.1) is 12.2 Å². The van der Waals surface area contributed by atoms with Crippen LogP contribution in [0.5, 0.6) is 5.75 Å². The molecule has 43 heavy (non-hydrogen) atoms. The molecule has 1 fully saturated rings. The van der Waals surface area contributed by atoms with Gasteiger partial charge in [0.2, 0.25) is 0 Å². The summed E-state index contributed by atoms with van der Waals surface area (Å²) in [7, 11) is -2.07. The fourth-order valence-electron chi connectivity index (χ4n) is 4.12. The minimum atomic E-state index is -2.07. The summed E-state index contributed by atoms with van der Waals surface area (Å²) in [6, 6.07) is 14.1. The van der Waals surface area contributed by atoms with Crippen LogP contribution in [0, 0.1) is 0 Å². The van der Waals surface area contributed by atoms with Gasteiger partial charge in [-0.25, -0.2) is 4.79 Å². The molecule has 10 nitrogen and oxygen atoms in total. The number of carbonyl (C=O) groups excluding carboxylic acids is 3. The number of rotatable bonds is 10. The van der Waals surface area contributed by atoms with E-state index in [-0.39, 0.29) is 30.0 Å². The first-order chi connectivity index (χ1) is 19.9. The lowest BCUT2D eigenvalue weighted by molar-refractivity contribution is -0.132. The summed E-state index contributed by atoms with van der Waals surface area (Å²) in [6.07, 6.45) is -1.60. The van der Waals surface area contributed by atoms with Crippen LogP contribution in [0.1, 0.15) is 63.0 Å². The summed E-state index contributed by atoms with van der Waals surface area (Å²) in [5, 5.41) is 16.1. The van der Waals surface area contributed by atoms with Gasteiger partial charge in [-0.15, -0.1) is 0 Å². The van der Waals surface area contributed by atoms with Crippen LogP contribution in [0.15, 0.2) is 48.5 Å². The minimum Gasteiger partial charge on any atom is -0.484 e. The molecule has 2 aromatic rings. The predicted molar refractivity (Wildman–Crippen MR) is 167 cm³/mol. The average molecular weight is 614 g/mol. The maximum atomic E-state index is 12.8. The van der Waals surface area contributed by atoms with Crippen LogP contribution < -0.4 is 15.4 Å². The van der Waals surface area contributed by atoms with E-state index in [1.165, 1.54) is 0 Å². The van der Waals surface area contributed by atoms with Crippen LogP contribution in [-0.4, -0.2) is 73.7 Å². The lowest BCUT2D eigenvalue weighted by Crippen LogP contribution is -2.47. The molecule has 3 N–H and O–H groups in total. The molecule has 0 radical (unpaired) electrons. The number of ether oxygens (including phenoxy) is 2. The normalized spacial score (nSPS) is 17.4. The average Bonchev–Trinajstić information content (AvgIpc) is 3.27. The molecular weight excluding hydrogens is 566 g/mol. The number of alkyl carbamates (subject to hydrolysis) is 1. The molecule has 0 unspecified atom stereocenters. The second-order valence-electron chi connectivity index (χ2n) is 13.5. The van der Waals surface area contributed by atoms with E-state index >= 15 is 0 Å². The Hall–Kier alpha value is -3.41. The zero-order chi connectivity index (χ0) is 32.0. The number of β-amino-alcohol motifs (C(OH)–C–C–N with tert-alkyl or cyclic N) is 1. The van der Waals surface area contributed by atoms with Gasteiger partial charge in [-0.3, -0.25) is 9.59 Å². The first-order valence-electron chi connectivity index (χ1n) is 14.6. The molecule has 0 aromatic heterocycles. The molecule has 0 aliphatic carbocycles. The number of hydrogen-bond acceptors (Lipinski definition) is 7. The lowest BCUT2D eigenvalue weighted by atomic mass is 10.1. The highest BCUT2D eigenvalue weighted by molar-refractivity contribution is 6.74.